The largest absolute Gasteiger partial charge is 0.443 e. The molecule has 0 spiro atoms. The number of amides is 1. The standard InChI is InChI=1S/C36H39FN10O3S/c1-5-6-14-36(45-46-36)15-11-24(48)19-23-9-10-26-27(20-23)43-29(42-26)12-17-38-18-13-30-44-31-32(40-22-41-33(31)51-30)47(34(49)50-35(2,3)4)21-28-25(37)8-7-16-39-28/h1,7-10,16,20,22,38H,6,11-15,17-19,21H2,2-4H3,(H,42,43). The first kappa shape index (κ1) is 35.6. The maximum absolute atomic E-state index is 14.6. The van der Waals surface area contributed by atoms with E-state index in [1.165, 1.54) is 40.9 Å². The molecule has 0 saturated heterocycles. The molecule has 0 aliphatic carbocycles. The van der Waals surface area contributed by atoms with Gasteiger partial charge < -0.3 is 15.0 Å². The molecule has 0 fully saturated rings. The van der Waals surface area contributed by atoms with Gasteiger partial charge in [-0.05, 0) is 50.6 Å². The van der Waals surface area contributed by atoms with Crippen LogP contribution in [0.25, 0.3) is 21.4 Å². The maximum Gasteiger partial charge on any atom is 0.416 e. The van der Waals surface area contributed by atoms with Gasteiger partial charge >= 0.3 is 6.09 Å². The Kier molecular flexibility index (Phi) is 10.7. The van der Waals surface area contributed by atoms with E-state index in [0.29, 0.717) is 68.4 Å². The Morgan fingerprint density at radius 2 is 1.92 bits per heavy atom. The molecule has 0 radical (unpaired) electrons. The zero-order valence-corrected chi connectivity index (χ0v) is 29.6. The van der Waals surface area contributed by atoms with Gasteiger partial charge in [0.15, 0.2) is 11.5 Å². The van der Waals surface area contributed by atoms with Crippen molar-refractivity contribution in [3.8, 4) is 12.3 Å². The van der Waals surface area contributed by atoms with E-state index < -0.39 is 23.2 Å². The second-order valence-corrected chi connectivity index (χ2v) is 14.4. The number of carbonyl (C=O) groups is 2. The lowest BCUT2D eigenvalue weighted by atomic mass is 9.98. The van der Waals surface area contributed by atoms with Crippen LogP contribution in [0.4, 0.5) is 15.0 Å². The number of imidazole rings is 1. The van der Waals surface area contributed by atoms with Crippen molar-refractivity contribution < 1.29 is 18.7 Å². The third kappa shape index (κ3) is 9.33. The Hall–Kier alpha value is -5.20. The van der Waals surface area contributed by atoms with E-state index in [9.17, 15) is 14.0 Å². The fourth-order valence-electron chi connectivity index (χ4n) is 5.51. The predicted octanol–water partition coefficient (Wildman–Crippen LogP) is 6.28. The first-order valence-corrected chi connectivity index (χ1v) is 17.6. The fraction of sp³-hybridized carbons (Fsp3) is 0.417. The lowest BCUT2D eigenvalue weighted by Crippen LogP contribution is -2.37. The van der Waals surface area contributed by atoms with Crippen LogP contribution in [-0.2, 0) is 35.3 Å². The molecule has 5 heterocycles. The molecule has 0 unspecified atom stereocenters. The SMILES string of the molecule is C#CCCC1(CCC(=O)Cc2ccc3nc(CCNCCc4nc5c(N(Cc6ncccc6F)C(=O)OC(C)(C)C)ncnc5s4)[nH]c3c2)N=N1. The molecule has 13 nitrogen and oxygen atoms in total. The number of carbonyl (C=O) groups excluding carboxylic acids is 2. The number of nitrogens with one attached hydrogen (secondary N) is 2. The average Bonchev–Trinajstić information content (AvgIpc) is 3.54. The van der Waals surface area contributed by atoms with Crippen LogP contribution in [0.5, 0.6) is 0 Å². The van der Waals surface area contributed by atoms with Crippen LogP contribution in [0.15, 0.2) is 53.1 Å². The number of thiazole rings is 1. The summed E-state index contributed by atoms with van der Waals surface area (Å²) in [6.07, 6.45) is 11.4. The first-order valence-electron chi connectivity index (χ1n) is 16.8. The van der Waals surface area contributed by atoms with E-state index >= 15 is 0 Å². The summed E-state index contributed by atoms with van der Waals surface area (Å²) >= 11 is 1.41. The lowest BCUT2D eigenvalue weighted by molar-refractivity contribution is -0.118. The van der Waals surface area contributed by atoms with Gasteiger partial charge in [0.1, 0.15) is 39.7 Å². The summed E-state index contributed by atoms with van der Waals surface area (Å²) in [4.78, 5) is 53.5. The van der Waals surface area contributed by atoms with Gasteiger partial charge in [-0.1, -0.05) is 17.4 Å². The van der Waals surface area contributed by atoms with Crippen LogP contribution >= 0.6 is 11.3 Å². The minimum Gasteiger partial charge on any atom is -0.443 e. The van der Waals surface area contributed by atoms with Crippen LogP contribution in [0.2, 0.25) is 0 Å². The molecule has 1 aliphatic heterocycles. The molecule has 1 aliphatic rings. The molecule has 5 aromatic rings. The molecule has 4 aromatic heterocycles. The number of pyridine rings is 1. The highest BCUT2D eigenvalue weighted by molar-refractivity contribution is 7.18. The van der Waals surface area contributed by atoms with Gasteiger partial charge in [0.2, 0.25) is 0 Å². The predicted molar refractivity (Wildman–Crippen MR) is 192 cm³/mol. The number of fused-ring (bicyclic) bond motifs is 2. The second kappa shape index (κ2) is 15.4. The molecule has 0 atom stereocenters. The van der Waals surface area contributed by atoms with Crippen LogP contribution < -0.4 is 10.2 Å². The van der Waals surface area contributed by atoms with Gasteiger partial charge in [-0.3, -0.25) is 14.7 Å². The van der Waals surface area contributed by atoms with Crippen LogP contribution in [-0.4, -0.2) is 66.1 Å². The number of halogens is 1. The van der Waals surface area contributed by atoms with Crippen molar-refractivity contribution in [2.24, 2.45) is 10.2 Å². The number of benzene rings is 1. The van der Waals surface area contributed by atoms with E-state index in [1.54, 1.807) is 20.8 Å². The Balaban J connectivity index is 1.02. The summed E-state index contributed by atoms with van der Waals surface area (Å²) in [7, 11) is 0. The van der Waals surface area contributed by atoms with Gasteiger partial charge in [-0.25, -0.2) is 29.1 Å². The highest BCUT2D eigenvalue weighted by atomic mass is 32.1. The first-order chi connectivity index (χ1) is 24.5. The van der Waals surface area contributed by atoms with E-state index in [1.807, 2.05) is 18.2 Å². The molecule has 2 N–H and O–H groups in total. The quantitative estimate of drug-likeness (QED) is 0.0886. The van der Waals surface area contributed by atoms with Crippen molar-refractivity contribution in [1.29, 1.82) is 0 Å². The smallest absolute Gasteiger partial charge is 0.416 e. The van der Waals surface area contributed by atoms with Gasteiger partial charge in [-0.2, -0.15) is 10.2 Å². The number of aromatic nitrogens is 6. The Bertz CT molecular complexity index is 2110. The van der Waals surface area contributed by atoms with Crippen molar-refractivity contribution in [2.45, 2.75) is 83.5 Å². The number of nitrogens with zero attached hydrogens (tertiary/aromatic N) is 8. The molecule has 264 valence electrons. The van der Waals surface area contributed by atoms with Crippen molar-refractivity contribution in [3.05, 3.63) is 70.8 Å². The van der Waals surface area contributed by atoms with Crippen molar-refractivity contribution in [1.82, 2.24) is 35.2 Å². The molecule has 1 aromatic carbocycles. The summed E-state index contributed by atoms with van der Waals surface area (Å²) < 4.78 is 20.2. The highest BCUT2D eigenvalue weighted by Gasteiger charge is 2.39. The average molecular weight is 711 g/mol. The van der Waals surface area contributed by atoms with Gasteiger partial charge in [0.05, 0.1) is 28.3 Å². The van der Waals surface area contributed by atoms with Crippen molar-refractivity contribution in [3.63, 3.8) is 0 Å². The molecule has 15 heteroatoms. The summed E-state index contributed by atoms with van der Waals surface area (Å²) in [6.45, 7) is 6.41. The number of terminal acetylenes is 1. The molecular weight excluding hydrogens is 672 g/mol. The molecule has 1 amide bonds. The van der Waals surface area contributed by atoms with Crippen molar-refractivity contribution >= 4 is 50.4 Å². The zero-order chi connectivity index (χ0) is 36.0. The molecule has 6 rings (SSSR count). The number of ketones is 1. The van der Waals surface area contributed by atoms with Crippen LogP contribution in [0, 0.1) is 18.2 Å². The number of anilines is 1. The molecular formula is C36H39FN10O3S. The number of aromatic amines is 1. The van der Waals surface area contributed by atoms with Crippen LogP contribution in [0.3, 0.4) is 0 Å². The molecule has 51 heavy (non-hydrogen) atoms. The summed E-state index contributed by atoms with van der Waals surface area (Å²) in [5, 5.41) is 12.5. The minimum atomic E-state index is -0.786. The number of H-pyrrole nitrogens is 1. The molecule has 0 bridgehead atoms. The number of hydrogen-bond donors (Lipinski definition) is 2. The van der Waals surface area contributed by atoms with E-state index in [0.717, 1.165) is 27.4 Å². The van der Waals surface area contributed by atoms with Gasteiger partial charge in [-0.15, -0.1) is 12.3 Å². The van der Waals surface area contributed by atoms with E-state index in [4.69, 9.17) is 21.1 Å². The van der Waals surface area contributed by atoms with Gasteiger partial charge in [0.25, 0.3) is 0 Å². The van der Waals surface area contributed by atoms with Gasteiger partial charge in [0, 0.05) is 64.2 Å². The number of Topliss-reactive ketones (excluding diaryl/α,β-unsaturated/α-hetero) is 1. The van der Waals surface area contributed by atoms with Crippen molar-refractivity contribution in [2.75, 3.05) is 18.0 Å². The number of rotatable bonds is 16. The monoisotopic (exact) mass is 710 g/mol. The topological polar surface area (TPSA) is 164 Å². The van der Waals surface area contributed by atoms with E-state index in [-0.39, 0.29) is 23.8 Å². The third-order valence-electron chi connectivity index (χ3n) is 8.14. The normalized spacial score (nSPS) is 13.4. The summed E-state index contributed by atoms with van der Waals surface area (Å²) in [5.74, 6) is 3.29. The number of hydrogen-bond acceptors (Lipinski definition) is 12. The maximum atomic E-state index is 14.6. The Morgan fingerprint density at radius 3 is 2.69 bits per heavy atom. The van der Waals surface area contributed by atoms with Crippen LogP contribution in [0.1, 0.15) is 68.5 Å². The summed E-state index contributed by atoms with van der Waals surface area (Å²) in [5.41, 5.74) is 1.96. The fourth-order valence-corrected chi connectivity index (χ4v) is 6.40. The molecule has 0 saturated carbocycles. The third-order valence-corrected chi connectivity index (χ3v) is 9.16. The zero-order valence-electron chi connectivity index (χ0n) is 28.8. The highest BCUT2D eigenvalue weighted by Crippen LogP contribution is 2.37. The Morgan fingerprint density at radius 1 is 1.10 bits per heavy atom. The number of ether oxygens (including phenoxy) is 1. The second-order valence-electron chi connectivity index (χ2n) is 13.3. The van der Waals surface area contributed by atoms with E-state index in [2.05, 4.69) is 41.4 Å². The summed E-state index contributed by atoms with van der Waals surface area (Å²) in [6, 6.07) is 8.64. The minimum absolute atomic E-state index is 0.0773. The Labute approximate surface area is 298 Å². The lowest BCUT2D eigenvalue weighted by Gasteiger charge is -2.26.